The van der Waals surface area contributed by atoms with Gasteiger partial charge in [-0.15, -0.1) is 0 Å². The summed E-state index contributed by atoms with van der Waals surface area (Å²) in [4.78, 5) is 30.7. The molecular weight excluding hydrogens is 412 g/mol. The summed E-state index contributed by atoms with van der Waals surface area (Å²) in [5, 5.41) is 3.35. The largest absolute Gasteiger partial charge is 0.468 e. The van der Waals surface area contributed by atoms with E-state index in [1.165, 1.54) is 0 Å². The van der Waals surface area contributed by atoms with E-state index in [2.05, 4.69) is 10.3 Å². The van der Waals surface area contributed by atoms with Crippen LogP contribution in [-0.2, 0) is 0 Å². The average molecular weight is 433 g/mol. The summed E-state index contributed by atoms with van der Waals surface area (Å²) in [6.45, 7) is 4.04. The third kappa shape index (κ3) is 3.04. The molecule has 0 spiro atoms. The number of nitrogens with one attached hydrogen (secondary N) is 2. The number of carbonyl (C=O) groups is 2. The number of aryl methyl sites for hydroxylation is 1. The second-order valence-electron chi connectivity index (χ2n) is 8.60. The summed E-state index contributed by atoms with van der Waals surface area (Å²) in [6, 6.07) is 16.7. The van der Waals surface area contributed by atoms with Gasteiger partial charge in [-0.05, 0) is 32.1 Å². The van der Waals surface area contributed by atoms with E-state index in [1.807, 2.05) is 62.4 Å². The van der Waals surface area contributed by atoms with E-state index in [0.717, 1.165) is 22.5 Å². The highest BCUT2D eigenvalue weighted by molar-refractivity contribution is 6.32. The molecular formula is C28H21N2O3+. The van der Waals surface area contributed by atoms with Crippen LogP contribution < -0.4 is 15.0 Å². The minimum Gasteiger partial charge on any atom is -0.468 e. The molecule has 160 valence electrons. The molecule has 5 heteroatoms. The van der Waals surface area contributed by atoms with Gasteiger partial charge in [0.05, 0.1) is 11.3 Å². The van der Waals surface area contributed by atoms with E-state index in [0.29, 0.717) is 39.4 Å². The molecule has 1 atom stereocenters. The van der Waals surface area contributed by atoms with E-state index in [4.69, 9.17) is 4.74 Å². The van der Waals surface area contributed by atoms with Gasteiger partial charge in [0.25, 0.3) is 5.69 Å². The molecule has 0 amide bonds. The molecule has 1 heterocycles. The van der Waals surface area contributed by atoms with Crippen molar-refractivity contribution >= 4 is 34.3 Å². The Hall–Kier alpha value is -4.25. The Morgan fingerprint density at radius 3 is 2.30 bits per heavy atom. The normalized spacial score (nSPS) is 17.7. The number of rotatable bonds is 2. The first kappa shape index (κ1) is 19.4. The van der Waals surface area contributed by atoms with Crippen molar-refractivity contribution in [2.75, 3.05) is 5.32 Å². The van der Waals surface area contributed by atoms with Crippen molar-refractivity contribution in [2.24, 2.45) is 0 Å². The predicted molar refractivity (Wildman–Crippen MR) is 127 cm³/mol. The van der Waals surface area contributed by atoms with Gasteiger partial charge < -0.3 is 10.1 Å². The van der Waals surface area contributed by atoms with Crippen LogP contribution in [0.3, 0.4) is 0 Å². The van der Waals surface area contributed by atoms with Crippen molar-refractivity contribution in [3.8, 4) is 5.75 Å². The molecule has 0 aromatic heterocycles. The van der Waals surface area contributed by atoms with E-state index in [1.54, 1.807) is 24.3 Å². The Bertz CT molecular complexity index is 1460. The second kappa shape index (κ2) is 7.14. The highest BCUT2D eigenvalue weighted by Gasteiger charge is 2.41. The quantitative estimate of drug-likeness (QED) is 0.502. The van der Waals surface area contributed by atoms with Crippen LogP contribution in [0.15, 0.2) is 78.4 Å². The molecule has 0 saturated carbocycles. The fraction of sp³-hybridized carbons (Fsp3) is 0.107. The van der Waals surface area contributed by atoms with E-state index in [-0.39, 0.29) is 17.7 Å². The maximum Gasteiger partial charge on any atom is 0.258 e. The maximum atomic E-state index is 13.7. The van der Waals surface area contributed by atoms with Crippen molar-refractivity contribution in [3.05, 3.63) is 106 Å². The van der Waals surface area contributed by atoms with Crippen LogP contribution in [-0.4, -0.2) is 23.4 Å². The zero-order valence-electron chi connectivity index (χ0n) is 18.2. The van der Waals surface area contributed by atoms with Gasteiger partial charge in [0.15, 0.2) is 11.5 Å². The first-order chi connectivity index (χ1) is 16.0. The summed E-state index contributed by atoms with van der Waals surface area (Å²) in [5.41, 5.74) is 6.53. The molecule has 6 rings (SSSR count). The summed E-state index contributed by atoms with van der Waals surface area (Å²) < 4.78 is 6.31. The van der Waals surface area contributed by atoms with Gasteiger partial charge in [0, 0.05) is 29.0 Å². The molecule has 5 nitrogen and oxygen atoms in total. The van der Waals surface area contributed by atoms with Gasteiger partial charge in [0.2, 0.25) is 17.6 Å². The third-order valence-electron chi connectivity index (χ3n) is 6.26. The first-order valence-corrected chi connectivity index (χ1v) is 10.9. The van der Waals surface area contributed by atoms with Crippen LogP contribution in [0, 0.1) is 6.92 Å². The van der Waals surface area contributed by atoms with Crippen molar-refractivity contribution in [1.82, 2.24) is 0 Å². The molecule has 33 heavy (non-hydrogen) atoms. The van der Waals surface area contributed by atoms with Crippen LogP contribution in [0.25, 0.3) is 0 Å². The minimum atomic E-state index is -0.269. The van der Waals surface area contributed by atoms with Crippen molar-refractivity contribution < 1.29 is 19.3 Å². The summed E-state index contributed by atoms with van der Waals surface area (Å²) in [7, 11) is 0. The number of hydrogen-bond donors (Lipinski definition) is 2. The smallest absolute Gasteiger partial charge is 0.258 e. The predicted octanol–water partition coefficient (Wildman–Crippen LogP) is 3.94. The number of carbonyl (C=O) groups excluding carboxylic acids is 2. The molecule has 3 aromatic carbocycles. The molecule has 0 bridgehead atoms. The Kier molecular flexibility index (Phi) is 4.20. The van der Waals surface area contributed by atoms with Crippen LogP contribution in [0.1, 0.15) is 44.3 Å². The summed E-state index contributed by atoms with van der Waals surface area (Å²) in [5.74, 6) is 0.170. The Morgan fingerprint density at radius 1 is 0.879 bits per heavy atom. The number of hydrogen-bond acceptors (Lipinski definition) is 4. The fourth-order valence-electron chi connectivity index (χ4n) is 4.57. The molecule has 3 aliphatic rings. The number of ether oxygens (including phenoxy) is 1. The van der Waals surface area contributed by atoms with E-state index < -0.39 is 0 Å². The van der Waals surface area contributed by atoms with Crippen molar-refractivity contribution in [3.63, 3.8) is 0 Å². The minimum absolute atomic E-state index is 0.179. The lowest BCUT2D eigenvalue weighted by molar-refractivity contribution is -0.362. The maximum absolute atomic E-state index is 13.7. The van der Waals surface area contributed by atoms with Crippen molar-refractivity contribution in [2.45, 2.75) is 20.0 Å². The van der Waals surface area contributed by atoms with Gasteiger partial charge in [-0.25, -0.2) is 4.99 Å². The molecule has 0 fully saturated rings. The average Bonchev–Trinajstić information content (AvgIpc) is 2.82. The van der Waals surface area contributed by atoms with Gasteiger partial charge >= 0.3 is 0 Å². The third-order valence-corrected chi connectivity index (χ3v) is 6.26. The number of ketones is 2. The lowest BCUT2D eigenvalue weighted by atomic mass is 9.81. The SMILES string of the molecule is CC1=CC2Oc3cc(Nc4ccc(C)cc4)c4c(c3[NH+]=C2C=C1)C(=O)c1ccccc1C4=O. The molecule has 0 radical (unpaired) electrons. The Morgan fingerprint density at radius 2 is 1.58 bits per heavy atom. The first-order valence-electron chi connectivity index (χ1n) is 10.9. The van der Waals surface area contributed by atoms with Gasteiger partial charge in [-0.1, -0.05) is 53.6 Å². The number of allylic oxidation sites excluding steroid dienone is 2. The molecule has 2 aliphatic carbocycles. The zero-order chi connectivity index (χ0) is 22.7. The highest BCUT2D eigenvalue weighted by atomic mass is 16.5. The van der Waals surface area contributed by atoms with Gasteiger partial charge in [0.1, 0.15) is 5.56 Å². The van der Waals surface area contributed by atoms with Gasteiger partial charge in [-0.3, -0.25) is 9.59 Å². The van der Waals surface area contributed by atoms with Crippen LogP contribution >= 0.6 is 0 Å². The van der Waals surface area contributed by atoms with Crippen LogP contribution in [0.2, 0.25) is 0 Å². The van der Waals surface area contributed by atoms with Crippen molar-refractivity contribution in [1.29, 1.82) is 0 Å². The molecule has 1 aliphatic heterocycles. The van der Waals surface area contributed by atoms with Gasteiger partial charge in [-0.2, -0.15) is 0 Å². The molecule has 1 unspecified atom stereocenters. The lowest BCUT2D eigenvalue weighted by Crippen LogP contribution is -2.72. The fourth-order valence-corrected chi connectivity index (χ4v) is 4.57. The standard InChI is InChI=1S/C28H20N2O3/c1-15-7-10-17(11-8-15)29-21-14-23-26(30-20-12-9-16(2)13-22(20)33-23)25-24(21)27(31)18-5-3-4-6-19(18)28(25)32/h3-14,22,29H,1-2H3/p+1. The lowest BCUT2D eigenvalue weighted by Gasteiger charge is -2.26. The van der Waals surface area contributed by atoms with E-state index >= 15 is 0 Å². The number of benzene rings is 3. The van der Waals surface area contributed by atoms with Crippen LogP contribution in [0.5, 0.6) is 5.75 Å². The Labute approximate surface area is 191 Å². The highest BCUT2D eigenvalue weighted by Crippen LogP contribution is 2.42. The number of fused-ring (bicyclic) bond motifs is 5. The number of anilines is 2. The van der Waals surface area contributed by atoms with E-state index in [9.17, 15) is 9.59 Å². The topological polar surface area (TPSA) is 69.4 Å². The van der Waals surface area contributed by atoms with Crippen LogP contribution in [0.4, 0.5) is 17.1 Å². The monoisotopic (exact) mass is 433 g/mol. The second-order valence-corrected chi connectivity index (χ2v) is 8.60. The molecule has 2 N–H and O–H groups in total. The summed E-state index contributed by atoms with van der Waals surface area (Å²) in [6.07, 6.45) is 5.71. The molecule has 3 aromatic rings. The Balaban J connectivity index is 1.59. The summed E-state index contributed by atoms with van der Waals surface area (Å²) >= 11 is 0. The zero-order valence-corrected chi connectivity index (χ0v) is 18.2. The molecule has 0 saturated heterocycles.